The van der Waals surface area contributed by atoms with E-state index in [4.69, 9.17) is 5.73 Å². The Hall–Kier alpha value is -1.11. The quantitative estimate of drug-likeness (QED) is 0.635. The predicted octanol–water partition coefficient (Wildman–Crippen LogP) is 1.53. The first-order chi connectivity index (χ1) is 9.09. The van der Waals surface area contributed by atoms with Gasteiger partial charge >= 0.3 is 0 Å². The first-order valence-electron chi connectivity index (χ1n) is 6.42. The monoisotopic (exact) mass is 319 g/mol. The number of carbonyl (C=O) groups is 2. The van der Waals surface area contributed by atoms with Gasteiger partial charge in [-0.1, -0.05) is 0 Å². The smallest absolute Gasteiger partial charge is 0.252 e. The highest BCUT2D eigenvalue weighted by Gasteiger charge is 2.05. The molecule has 0 bridgehead atoms. The Morgan fingerprint density at radius 2 is 2.10 bits per heavy atom. The maximum Gasteiger partial charge on any atom is 0.252 e. The third kappa shape index (κ3) is 8.14. The van der Waals surface area contributed by atoms with Gasteiger partial charge in [-0.3, -0.25) is 9.59 Å². The molecule has 114 valence electrons. The fourth-order valence-electron chi connectivity index (χ4n) is 1.47. The van der Waals surface area contributed by atoms with Crippen molar-refractivity contribution in [1.82, 2.24) is 10.6 Å². The Balaban J connectivity index is 0.00000361. The predicted molar refractivity (Wildman–Crippen MR) is 84.4 cm³/mol. The summed E-state index contributed by atoms with van der Waals surface area (Å²) >= 11 is 1.49. The van der Waals surface area contributed by atoms with Crippen molar-refractivity contribution in [2.24, 2.45) is 5.73 Å². The van der Waals surface area contributed by atoms with Crippen LogP contribution in [-0.4, -0.2) is 30.9 Å². The lowest BCUT2D eigenvalue weighted by atomic mass is 10.2. The normalized spacial score (nSPS) is 11.3. The SMILES string of the molecule is CC(N)CCNC(=O)CCCNC(=O)c1ccsc1.Cl. The fourth-order valence-corrected chi connectivity index (χ4v) is 2.11. The highest BCUT2D eigenvalue weighted by molar-refractivity contribution is 7.08. The van der Waals surface area contributed by atoms with Crippen LogP contribution >= 0.6 is 23.7 Å². The van der Waals surface area contributed by atoms with Crippen molar-refractivity contribution >= 4 is 35.6 Å². The van der Waals surface area contributed by atoms with Crippen LogP contribution < -0.4 is 16.4 Å². The minimum Gasteiger partial charge on any atom is -0.356 e. The number of nitrogens with two attached hydrogens (primary N) is 1. The minimum atomic E-state index is -0.0846. The Morgan fingerprint density at radius 1 is 1.35 bits per heavy atom. The first-order valence-corrected chi connectivity index (χ1v) is 7.36. The molecule has 0 spiro atoms. The summed E-state index contributed by atoms with van der Waals surface area (Å²) in [5, 5.41) is 9.25. The topological polar surface area (TPSA) is 84.2 Å². The van der Waals surface area contributed by atoms with E-state index < -0.39 is 0 Å². The maximum atomic E-state index is 11.6. The van der Waals surface area contributed by atoms with Gasteiger partial charge in [0.15, 0.2) is 0 Å². The Labute approximate surface area is 129 Å². The number of nitrogens with one attached hydrogen (secondary N) is 2. The number of rotatable bonds is 8. The lowest BCUT2D eigenvalue weighted by Gasteiger charge is -2.07. The third-order valence-corrected chi connectivity index (χ3v) is 3.25. The summed E-state index contributed by atoms with van der Waals surface area (Å²) < 4.78 is 0. The summed E-state index contributed by atoms with van der Waals surface area (Å²) in [6, 6.07) is 1.88. The van der Waals surface area contributed by atoms with E-state index in [0.717, 1.165) is 6.42 Å². The zero-order valence-electron chi connectivity index (χ0n) is 11.6. The molecule has 20 heavy (non-hydrogen) atoms. The molecule has 7 heteroatoms. The van der Waals surface area contributed by atoms with Crippen LogP contribution in [-0.2, 0) is 4.79 Å². The molecular weight excluding hydrogens is 298 g/mol. The standard InChI is InChI=1S/C13H21N3O2S.ClH/c1-10(14)4-7-15-12(17)3-2-6-16-13(18)11-5-8-19-9-11;/h5,8-10H,2-4,6-7,14H2,1H3,(H,15,17)(H,16,18);1H. The molecule has 0 aromatic carbocycles. The molecule has 1 aromatic heterocycles. The van der Waals surface area contributed by atoms with Crippen LogP contribution in [0, 0.1) is 0 Å². The van der Waals surface area contributed by atoms with E-state index in [9.17, 15) is 9.59 Å². The van der Waals surface area contributed by atoms with Crippen LogP contribution in [0.15, 0.2) is 16.8 Å². The largest absolute Gasteiger partial charge is 0.356 e. The number of halogens is 1. The van der Waals surface area contributed by atoms with E-state index in [1.165, 1.54) is 11.3 Å². The Bertz CT molecular complexity index is 396. The van der Waals surface area contributed by atoms with Crippen molar-refractivity contribution in [1.29, 1.82) is 0 Å². The summed E-state index contributed by atoms with van der Waals surface area (Å²) in [6.07, 6.45) is 1.84. The van der Waals surface area contributed by atoms with Crippen molar-refractivity contribution in [2.45, 2.75) is 32.2 Å². The second kappa shape index (κ2) is 10.7. The summed E-state index contributed by atoms with van der Waals surface area (Å²) in [5.74, 6) is -0.0796. The number of amides is 2. The van der Waals surface area contributed by atoms with Crippen LogP contribution in [0.5, 0.6) is 0 Å². The van der Waals surface area contributed by atoms with Crippen LogP contribution in [0.4, 0.5) is 0 Å². The Morgan fingerprint density at radius 3 is 2.70 bits per heavy atom. The number of hydrogen-bond donors (Lipinski definition) is 3. The van der Waals surface area contributed by atoms with Gasteiger partial charge in [0.1, 0.15) is 0 Å². The molecule has 1 rings (SSSR count). The van der Waals surface area contributed by atoms with Crippen molar-refractivity contribution in [3.05, 3.63) is 22.4 Å². The maximum absolute atomic E-state index is 11.6. The molecule has 1 aromatic rings. The lowest BCUT2D eigenvalue weighted by molar-refractivity contribution is -0.121. The van der Waals surface area contributed by atoms with Crippen LogP contribution in [0.3, 0.4) is 0 Å². The van der Waals surface area contributed by atoms with Gasteiger partial charge in [-0.2, -0.15) is 11.3 Å². The van der Waals surface area contributed by atoms with E-state index >= 15 is 0 Å². The number of hydrogen-bond acceptors (Lipinski definition) is 4. The van der Waals surface area contributed by atoms with Gasteiger partial charge in [-0.25, -0.2) is 0 Å². The van der Waals surface area contributed by atoms with Crippen LogP contribution in [0.1, 0.15) is 36.5 Å². The van der Waals surface area contributed by atoms with Crippen molar-refractivity contribution in [3.63, 3.8) is 0 Å². The zero-order chi connectivity index (χ0) is 14.1. The zero-order valence-corrected chi connectivity index (χ0v) is 13.2. The van der Waals surface area contributed by atoms with Gasteiger partial charge in [-0.05, 0) is 31.2 Å². The highest BCUT2D eigenvalue weighted by Crippen LogP contribution is 2.05. The van der Waals surface area contributed by atoms with E-state index in [-0.39, 0.29) is 30.3 Å². The first kappa shape index (κ1) is 18.9. The van der Waals surface area contributed by atoms with Crippen molar-refractivity contribution in [2.75, 3.05) is 13.1 Å². The van der Waals surface area contributed by atoms with E-state index in [1.807, 2.05) is 12.3 Å². The molecular formula is C13H22ClN3O2S. The molecule has 0 aliphatic carbocycles. The minimum absolute atomic E-state index is 0. The van der Waals surface area contributed by atoms with Gasteiger partial charge in [0.25, 0.3) is 5.91 Å². The van der Waals surface area contributed by atoms with E-state index in [2.05, 4.69) is 10.6 Å². The van der Waals surface area contributed by atoms with Gasteiger partial charge in [-0.15, -0.1) is 12.4 Å². The van der Waals surface area contributed by atoms with E-state index in [0.29, 0.717) is 31.5 Å². The molecule has 1 heterocycles. The molecule has 0 fully saturated rings. The highest BCUT2D eigenvalue weighted by atomic mass is 35.5. The molecule has 1 atom stereocenters. The summed E-state index contributed by atoms with van der Waals surface area (Å²) in [7, 11) is 0. The van der Waals surface area contributed by atoms with Gasteiger partial charge < -0.3 is 16.4 Å². The molecule has 4 N–H and O–H groups in total. The number of thiophene rings is 1. The van der Waals surface area contributed by atoms with Crippen molar-refractivity contribution < 1.29 is 9.59 Å². The molecule has 1 unspecified atom stereocenters. The van der Waals surface area contributed by atoms with Crippen LogP contribution in [0.25, 0.3) is 0 Å². The molecule has 0 saturated heterocycles. The molecule has 0 aliphatic rings. The summed E-state index contributed by atoms with van der Waals surface area (Å²) in [6.45, 7) is 3.03. The van der Waals surface area contributed by atoms with E-state index in [1.54, 1.807) is 11.4 Å². The average molecular weight is 320 g/mol. The Kier molecular flexibility index (Phi) is 10.1. The van der Waals surface area contributed by atoms with Crippen LogP contribution in [0.2, 0.25) is 0 Å². The number of carbonyl (C=O) groups excluding carboxylic acids is 2. The second-order valence-electron chi connectivity index (χ2n) is 4.49. The van der Waals surface area contributed by atoms with Gasteiger partial charge in [0.2, 0.25) is 5.91 Å². The fraction of sp³-hybridized carbons (Fsp3) is 0.538. The molecule has 2 amide bonds. The summed E-state index contributed by atoms with van der Waals surface area (Å²) in [4.78, 5) is 23.0. The molecule has 0 saturated carbocycles. The summed E-state index contributed by atoms with van der Waals surface area (Å²) in [5.41, 5.74) is 6.25. The molecule has 0 aliphatic heterocycles. The van der Waals surface area contributed by atoms with Crippen molar-refractivity contribution in [3.8, 4) is 0 Å². The van der Waals surface area contributed by atoms with Gasteiger partial charge in [0.05, 0.1) is 0 Å². The third-order valence-electron chi connectivity index (χ3n) is 2.57. The second-order valence-corrected chi connectivity index (χ2v) is 5.27. The molecule has 0 radical (unpaired) electrons. The lowest BCUT2D eigenvalue weighted by Crippen LogP contribution is -2.30. The average Bonchev–Trinajstić information content (AvgIpc) is 2.87. The molecule has 5 nitrogen and oxygen atoms in total. The van der Waals surface area contributed by atoms with Gasteiger partial charge in [0, 0.05) is 36.5 Å².